The van der Waals surface area contributed by atoms with Crippen molar-refractivity contribution in [2.45, 2.75) is 26.8 Å². The minimum atomic E-state index is 0.116. The van der Waals surface area contributed by atoms with Gasteiger partial charge in [0.05, 0.1) is 6.61 Å². The summed E-state index contributed by atoms with van der Waals surface area (Å²) in [6.07, 6.45) is 0. The molecule has 14 heavy (non-hydrogen) atoms. The van der Waals surface area contributed by atoms with Gasteiger partial charge >= 0.3 is 0 Å². The van der Waals surface area contributed by atoms with E-state index in [1.165, 1.54) is 5.56 Å². The van der Waals surface area contributed by atoms with Gasteiger partial charge in [0.1, 0.15) is 5.75 Å². The highest BCUT2D eigenvalue weighted by atomic mass is 16.5. The van der Waals surface area contributed by atoms with Crippen molar-refractivity contribution in [1.29, 1.82) is 0 Å². The fourth-order valence-corrected chi connectivity index (χ4v) is 1.34. The Balaban J connectivity index is 2.72. The van der Waals surface area contributed by atoms with E-state index in [9.17, 15) is 0 Å². The number of nitrogens with two attached hydrogens (primary N) is 1. The maximum absolute atomic E-state index is 6.02. The first-order chi connectivity index (χ1) is 6.65. The smallest absolute Gasteiger partial charge is 0.119 e. The van der Waals surface area contributed by atoms with E-state index in [1.807, 2.05) is 31.2 Å². The van der Waals surface area contributed by atoms with Gasteiger partial charge in [-0.05, 0) is 30.5 Å². The molecule has 0 heterocycles. The molecule has 1 rings (SSSR count). The lowest BCUT2D eigenvalue weighted by Crippen LogP contribution is -2.16. The highest BCUT2D eigenvalue weighted by Crippen LogP contribution is 2.21. The Morgan fingerprint density at radius 1 is 1.21 bits per heavy atom. The molecule has 78 valence electrons. The van der Waals surface area contributed by atoms with Gasteiger partial charge in [0.25, 0.3) is 0 Å². The summed E-state index contributed by atoms with van der Waals surface area (Å²) in [5.74, 6) is 1.38. The van der Waals surface area contributed by atoms with E-state index in [2.05, 4.69) is 13.8 Å². The molecule has 0 fully saturated rings. The van der Waals surface area contributed by atoms with Crippen molar-refractivity contribution >= 4 is 0 Å². The molecule has 2 N–H and O–H groups in total. The van der Waals surface area contributed by atoms with Crippen molar-refractivity contribution in [1.82, 2.24) is 0 Å². The lowest BCUT2D eigenvalue weighted by Gasteiger charge is -2.16. The third kappa shape index (κ3) is 2.74. The van der Waals surface area contributed by atoms with Gasteiger partial charge < -0.3 is 10.5 Å². The van der Waals surface area contributed by atoms with Gasteiger partial charge in [-0.25, -0.2) is 0 Å². The van der Waals surface area contributed by atoms with E-state index < -0.39 is 0 Å². The zero-order chi connectivity index (χ0) is 10.6. The predicted octanol–water partition coefficient (Wildman–Crippen LogP) is 2.74. The molecule has 0 saturated heterocycles. The Morgan fingerprint density at radius 3 is 2.21 bits per heavy atom. The quantitative estimate of drug-likeness (QED) is 0.798. The molecular weight excluding hydrogens is 174 g/mol. The lowest BCUT2D eigenvalue weighted by atomic mass is 9.97. The van der Waals surface area contributed by atoms with E-state index in [1.54, 1.807) is 0 Å². The molecule has 2 heteroatoms. The molecule has 1 aromatic carbocycles. The van der Waals surface area contributed by atoms with Crippen molar-refractivity contribution < 1.29 is 4.74 Å². The van der Waals surface area contributed by atoms with Gasteiger partial charge in [-0.15, -0.1) is 0 Å². The standard InChI is InChI=1S/C12H19NO/c1-4-14-11-7-5-10(6-8-11)12(13)9(2)3/h5-9,12H,4,13H2,1-3H3. The third-order valence-corrected chi connectivity index (χ3v) is 2.29. The largest absolute Gasteiger partial charge is 0.494 e. The van der Waals surface area contributed by atoms with E-state index >= 15 is 0 Å². The third-order valence-electron chi connectivity index (χ3n) is 2.29. The first-order valence-corrected chi connectivity index (χ1v) is 5.13. The fourth-order valence-electron chi connectivity index (χ4n) is 1.34. The molecular formula is C12H19NO. The summed E-state index contributed by atoms with van der Waals surface area (Å²) in [4.78, 5) is 0. The van der Waals surface area contributed by atoms with Gasteiger partial charge in [-0.2, -0.15) is 0 Å². The van der Waals surface area contributed by atoms with Crippen LogP contribution in [-0.4, -0.2) is 6.61 Å². The van der Waals surface area contributed by atoms with Crippen LogP contribution < -0.4 is 10.5 Å². The zero-order valence-corrected chi connectivity index (χ0v) is 9.16. The summed E-state index contributed by atoms with van der Waals surface area (Å²) in [6, 6.07) is 8.14. The summed E-state index contributed by atoms with van der Waals surface area (Å²) in [5.41, 5.74) is 7.19. The van der Waals surface area contributed by atoms with E-state index in [4.69, 9.17) is 10.5 Å². The second-order valence-electron chi connectivity index (χ2n) is 3.77. The van der Waals surface area contributed by atoms with Crippen molar-refractivity contribution in [3.05, 3.63) is 29.8 Å². The van der Waals surface area contributed by atoms with Crippen LogP contribution in [0.4, 0.5) is 0 Å². The highest BCUT2D eigenvalue weighted by Gasteiger charge is 2.09. The summed E-state index contributed by atoms with van der Waals surface area (Å²) >= 11 is 0. The van der Waals surface area contributed by atoms with Gasteiger partial charge in [0.2, 0.25) is 0 Å². The van der Waals surface area contributed by atoms with Crippen LogP contribution in [0.3, 0.4) is 0 Å². The van der Waals surface area contributed by atoms with Crippen molar-refractivity contribution in [3.8, 4) is 5.75 Å². The molecule has 0 saturated carbocycles. The van der Waals surface area contributed by atoms with Crippen LogP contribution >= 0.6 is 0 Å². The predicted molar refractivity (Wildman–Crippen MR) is 59.4 cm³/mol. The van der Waals surface area contributed by atoms with Crippen LogP contribution in [-0.2, 0) is 0 Å². The molecule has 0 aromatic heterocycles. The maximum Gasteiger partial charge on any atom is 0.119 e. The second-order valence-corrected chi connectivity index (χ2v) is 3.77. The molecule has 1 aromatic rings. The minimum absolute atomic E-state index is 0.116. The van der Waals surface area contributed by atoms with Crippen LogP contribution in [0.15, 0.2) is 24.3 Å². The van der Waals surface area contributed by atoms with Crippen molar-refractivity contribution in [2.24, 2.45) is 11.7 Å². The average Bonchev–Trinajstić information content (AvgIpc) is 2.18. The van der Waals surface area contributed by atoms with Crippen LogP contribution in [0.25, 0.3) is 0 Å². The number of benzene rings is 1. The van der Waals surface area contributed by atoms with Gasteiger partial charge in [-0.1, -0.05) is 26.0 Å². The van der Waals surface area contributed by atoms with Crippen LogP contribution in [0.2, 0.25) is 0 Å². The normalized spacial score (nSPS) is 12.9. The Hall–Kier alpha value is -1.02. The summed E-state index contributed by atoms with van der Waals surface area (Å²) in [7, 11) is 0. The lowest BCUT2D eigenvalue weighted by molar-refractivity contribution is 0.340. The Morgan fingerprint density at radius 2 is 1.79 bits per heavy atom. The number of hydrogen-bond acceptors (Lipinski definition) is 2. The molecule has 0 aliphatic carbocycles. The molecule has 0 spiro atoms. The van der Waals surface area contributed by atoms with E-state index in [0.717, 1.165) is 5.75 Å². The maximum atomic E-state index is 6.02. The summed E-state index contributed by atoms with van der Waals surface area (Å²) in [6.45, 7) is 6.94. The van der Waals surface area contributed by atoms with Crippen molar-refractivity contribution in [2.75, 3.05) is 6.61 Å². The van der Waals surface area contributed by atoms with Gasteiger partial charge in [0.15, 0.2) is 0 Å². The monoisotopic (exact) mass is 193 g/mol. The van der Waals surface area contributed by atoms with E-state index in [-0.39, 0.29) is 6.04 Å². The Labute approximate surface area is 86.1 Å². The summed E-state index contributed by atoms with van der Waals surface area (Å²) < 4.78 is 5.36. The zero-order valence-electron chi connectivity index (χ0n) is 9.16. The average molecular weight is 193 g/mol. The second kappa shape index (κ2) is 5.01. The van der Waals surface area contributed by atoms with Gasteiger partial charge in [0, 0.05) is 6.04 Å². The number of rotatable bonds is 4. The fraction of sp³-hybridized carbons (Fsp3) is 0.500. The molecule has 0 aliphatic heterocycles. The molecule has 1 atom stereocenters. The molecule has 1 unspecified atom stereocenters. The molecule has 0 radical (unpaired) electrons. The molecule has 0 amide bonds. The van der Waals surface area contributed by atoms with Crippen LogP contribution in [0, 0.1) is 5.92 Å². The summed E-state index contributed by atoms with van der Waals surface area (Å²) in [5, 5.41) is 0. The van der Waals surface area contributed by atoms with Crippen LogP contribution in [0.1, 0.15) is 32.4 Å². The topological polar surface area (TPSA) is 35.2 Å². The van der Waals surface area contributed by atoms with Gasteiger partial charge in [-0.3, -0.25) is 0 Å². The first kappa shape index (κ1) is 11.1. The molecule has 2 nitrogen and oxygen atoms in total. The SMILES string of the molecule is CCOc1ccc(C(N)C(C)C)cc1. The van der Waals surface area contributed by atoms with E-state index in [0.29, 0.717) is 12.5 Å². The molecule has 0 aliphatic rings. The van der Waals surface area contributed by atoms with Crippen LogP contribution in [0.5, 0.6) is 5.75 Å². The Kier molecular flexibility index (Phi) is 3.96. The highest BCUT2D eigenvalue weighted by molar-refractivity contribution is 5.29. The number of hydrogen-bond donors (Lipinski definition) is 1. The molecule has 0 bridgehead atoms. The first-order valence-electron chi connectivity index (χ1n) is 5.13. The minimum Gasteiger partial charge on any atom is -0.494 e. The number of ether oxygens (including phenoxy) is 1. The van der Waals surface area contributed by atoms with Crippen molar-refractivity contribution in [3.63, 3.8) is 0 Å². The Bertz CT molecular complexity index is 266.